The fraction of sp³-hybridized carbons (Fsp3) is 0.235. The zero-order valence-electron chi connectivity index (χ0n) is 11.8. The summed E-state index contributed by atoms with van der Waals surface area (Å²) in [5, 5.41) is 0. The lowest BCUT2D eigenvalue weighted by Crippen LogP contribution is -2.31. The van der Waals surface area contributed by atoms with Gasteiger partial charge in [-0.1, -0.05) is 12.1 Å². The Labute approximate surface area is 141 Å². The molecule has 0 unspecified atom stereocenters. The highest BCUT2D eigenvalue weighted by Crippen LogP contribution is 2.29. The van der Waals surface area contributed by atoms with Crippen LogP contribution in [-0.2, 0) is 11.3 Å². The van der Waals surface area contributed by atoms with Gasteiger partial charge in [0.2, 0.25) is 5.91 Å². The lowest BCUT2D eigenvalue weighted by Gasteiger charge is -2.20. The standard InChI is InChI=1S/C17H15FINO2/c18-13-3-1-12(2-4-13)11-20(14-5-6-14)17(21)10-8-15-7-9-16(19)22-15/h1-4,7-10,14H,5-6,11H2/b10-8+. The van der Waals surface area contributed by atoms with Crippen LogP contribution in [0.15, 0.2) is 46.9 Å². The minimum Gasteiger partial charge on any atom is -0.451 e. The SMILES string of the molecule is O=C(/C=C/c1ccc(I)o1)N(Cc1ccc(F)cc1)C1CC1. The summed E-state index contributed by atoms with van der Waals surface area (Å²) in [5.41, 5.74) is 0.933. The number of furan rings is 1. The second-order valence-electron chi connectivity index (χ2n) is 5.30. The van der Waals surface area contributed by atoms with Crippen LogP contribution in [0.5, 0.6) is 0 Å². The van der Waals surface area contributed by atoms with Gasteiger partial charge in [-0.25, -0.2) is 4.39 Å². The number of carbonyl (C=O) groups is 1. The number of carbonyl (C=O) groups excluding carboxylic acids is 1. The minimum atomic E-state index is -0.264. The molecule has 0 spiro atoms. The zero-order chi connectivity index (χ0) is 15.5. The van der Waals surface area contributed by atoms with E-state index in [-0.39, 0.29) is 11.7 Å². The van der Waals surface area contributed by atoms with E-state index in [1.165, 1.54) is 18.2 Å². The van der Waals surface area contributed by atoms with Crippen LogP contribution in [0.4, 0.5) is 4.39 Å². The van der Waals surface area contributed by atoms with Crippen molar-refractivity contribution in [2.45, 2.75) is 25.4 Å². The van der Waals surface area contributed by atoms with Gasteiger partial charge in [0.1, 0.15) is 11.6 Å². The minimum absolute atomic E-state index is 0.0433. The third-order valence-corrected chi connectivity index (χ3v) is 4.10. The summed E-state index contributed by atoms with van der Waals surface area (Å²) in [7, 11) is 0. The number of hydrogen-bond acceptors (Lipinski definition) is 2. The molecule has 0 saturated heterocycles. The van der Waals surface area contributed by atoms with Crippen molar-refractivity contribution < 1.29 is 13.6 Å². The second kappa shape index (κ2) is 6.64. The Morgan fingerprint density at radius 3 is 2.59 bits per heavy atom. The molecule has 1 heterocycles. The molecule has 114 valence electrons. The molecule has 1 aliphatic rings. The summed E-state index contributed by atoms with van der Waals surface area (Å²) in [6, 6.07) is 10.2. The molecule has 0 atom stereocenters. The molecule has 5 heteroatoms. The highest BCUT2D eigenvalue weighted by atomic mass is 127. The van der Waals surface area contributed by atoms with Crippen molar-refractivity contribution in [3.05, 3.63) is 63.4 Å². The van der Waals surface area contributed by atoms with Crippen LogP contribution < -0.4 is 0 Å². The van der Waals surface area contributed by atoms with Gasteiger partial charge in [0.15, 0.2) is 3.77 Å². The Bertz CT molecular complexity index is 689. The maximum Gasteiger partial charge on any atom is 0.247 e. The third-order valence-electron chi connectivity index (χ3n) is 3.52. The van der Waals surface area contributed by atoms with Gasteiger partial charge in [0, 0.05) is 18.7 Å². The molecule has 0 aliphatic heterocycles. The van der Waals surface area contributed by atoms with E-state index in [4.69, 9.17) is 4.42 Å². The van der Waals surface area contributed by atoms with Crippen LogP contribution in [0.3, 0.4) is 0 Å². The van der Waals surface area contributed by atoms with Gasteiger partial charge in [0.05, 0.1) is 0 Å². The average molecular weight is 411 g/mol. The Morgan fingerprint density at radius 2 is 2.00 bits per heavy atom. The molecule has 3 nitrogen and oxygen atoms in total. The Balaban J connectivity index is 1.69. The van der Waals surface area contributed by atoms with E-state index in [1.807, 2.05) is 17.0 Å². The first kappa shape index (κ1) is 15.3. The molecular formula is C17H15FINO2. The first-order valence-corrected chi connectivity index (χ1v) is 8.18. The van der Waals surface area contributed by atoms with Crippen LogP contribution in [-0.4, -0.2) is 16.8 Å². The van der Waals surface area contributed by atoms with Gasteiger partial charge in [-0.15, -0.1) is 0 Å². The number of nitrogens with zero attached hydrogens (tertiary/aromatic N) is 1. The van der Waals surface area contributed by atoms with Crippen molar-refractivity contribution in [2.24, 2.45) is 0 Å². The summed E-state index contributed by atoms with van der Waals surface area (Å²) < 4.78 is 19.2. The van der Waals surface area contributed by atoms with E-state index in [1.54, 1.807) is 18.2 Å². The number of benzene rings is 1. The third kappa shape index (κ3) is 3.97. The molecule has 3 rings (SSSR count). The fourth-order valence-electron chi connectivity index (χ4n) is 2.23. The molecule has 22 heavy (non-hydrogen) atoms. The quantitative estimate of drug-likeness (QED) is 0.545. The molecule has 1 amide bonds. The molecule has 1 aromatic carbocycles. The first-order chi connectivity index (χ1) is 10.6. The Morgan fingerprint density at radius 1 is 1.27 bits per heavy atom. The summed E-state index contributed by atoms with van der Waals surface area (Å²) >= 11 is 2.08. The highest BCUT2D eigenvalue weighted by molar-refractivity contribution is 14.1. The normalized spacial score (nSPS) is 14.5. The van der Waals surface area contributed by atoms with Crippen molar-refractivity contribution in [3.63, 3.8) is 0 Å². The monoisotopic (exact) mass is 411 g/mol. The number of hydrogen-bond donors (Lipinski definition) is 0. The van der Waals surface area contributed by atoms with E-state index >= 15 is 0 Å². The van der Waals surface area contributed by atoms with Crippen LogP contribution in [0.1, 0.15) is 24.2 Å². The van der Waals surface area contributed by atoms with Gasteiger partial charge in [-0.05, 0) is 71.3 Å². The molecule has 1 aromatic heterocycles. The number of rotatable bonds is 5. The summed E-state index contributed by atoms with van der Waals surface area (Å²) in [5.74, 6) is 0.355. The van der Waals surface area contributed by atoms with Crippen LogP contribution in [0, 0.1) is 9.58 Å². The number of halogens is 2. The maximum atomic E-state index is 13.0. The largest absolute Gasteiger partial charge is 0.451 e. The molecule has 1 aliphatic carbocycles. The van der Waals surface area contributed by atoms with Crippen LogP contribution >= 0.6 is 22.6 Å². The van der Waals surface area contributed by atoms with Gasteiger partial charge >= 0.3 is 0 Å². The molecule has 2 aromatic rings. The second-order valence-corrected chi connectivity index (χ2v) is 6.36. The predicted octanol–water partition coefficient (Wildman–Crippen LogP) is 4.23. The Hall–Kier alpha value is -1.63. The number of amides is 1. The van der Waals surface area contributed by atoms with Gasteiger partial charge in [-0.2, -0.15) is 0 Å². The van der Waals surface area contributed by atoms with Gasteiger partial charge in [-0.3, -0.25) is 4.79 Å². The molecule has 1 saturated carbocycles. The molecule has 1 fully saturated rings. The van der Waals surface area contributed by atoms with Crippen molar-refractivity contribution in [2.75, 3.05) is 0 Å². The fourth-order valence-corrected chi connectivity index (χ4v) is 2.66. The lowest BCUT2D eigenvalue weighted by atomic mass is 10.2. The topological polar surface area (TPSA) is 33.5 Å². The van der Waals surface area contributed by atoms with Gasteiger partial charge < -0.3 is 9.32 Å². The highest BCUT2D eigenvalue weighted by Gasteiger charge is 2.31. The van der Waals surface area contributed by atoms with Gasteiger partial charge in [0.25, 0.3) is 0 Å². The predicted molar refractivity (Wildman–Crippen MR) is 90.4 cm³/mol. The molecule has 0 N–H and O–H groups in total. The zero-order valence-corrected chi connectivity index (χ0v) is 14.0. The molecule has 0 radical (unpaired) electrons. The van der Waals surface area contributed by atoms with Crippen molar-refractivity contribution >= 4 is 34.6 Å². The summed E-state index contributed by atoms with van der Waals surface area (Å²) in [6.45, 7) is 0.504. The van der Waals surface area contributed by atoms with E-state index < -0.39 is 0 Å². The van der Waals surface area contributed by atoms with Crippen LogP contribution in [0.25, 0.3) is 6.08 Å². The summed E-state index contributed by atoms with van der Waals surface area (Å²) in [4.78, 5) is 14.2. The average Bonchev–Trinajstić information content (AvgIpc) is 3.26. The lowest BCUT2D eigenvalue weighted by molar-refractivity contribution is -0.127. The first-order valence-electron chi connectivity index (χ1n) is 7.10. The molecular weight excluding hydrogens is 396 g/mol. The van der Waals surface area contributed by atoms with E-state index in [9.17, 15) is 9.18 Å². The van der Waals surface area contributed by atoms with E-state index in [0.29, 0.717) is 18.3 Å². The van der Waals surface area contributed by atoms with Crippen molar-refractivity contribution in [3.8, 4) is 0 Å². The summed E-state index contributed by atoms with van der Waals surface area (Å²) in [6.07, 6.45) is 5.28. The van der Waals surface area contributed by atoms with E-state index in [2.05, 4.69) is 22.6 Å². The molecule has 0 bridgehead atoms. The van der Waals surface area contributed by atoms with Crippen LogP contribution in [0.2, 0.25) is 0 Å². The maximum absolute atomic E-state index is 13.0. The van der Waals surface area contributed by atoms with Crippen molar-refractivity contribution in [1.82, 2.24) is 4.90 Å². The van der Waals surface area contributed by atoms with E-state index in [0.717, 1.165) is 22.2 Å². The smallest absolute Gasteiger partial charge is 0.247 e. The van der Waals surface area contributed by atoms with Crippen molar-refractivity contribution in [1.29, 1.82) is 0 Å². The Kier molecular flexibility index (Phi) is 4.61.